The molecule has 0 amide bonds. The van der Waals surface area contributed by atoms with E-state index in [2.05, 4.69) is 34.0 Å². The van der Waals surface area contributed by atoms with Crippen LogP contribution in [0.1, 0.15) is 5.56 Å². The van der Waals surface area contributed by atoms with Gasteiger partial charge in [-0.15, -0.1) is 0 Å². The fourth-order valence-corrected chi connectivity index (χ4v) is 2.14. The van der Waals surface area contributed by atoms with E-state index in [1.807, 2.05) is 18.5 Å². The molecule has 98 valence electrons. The van der Waals surface area contributed by atoms with Crippen molar-refractivity contribution in [2.45, 2.75) is 6.92 Å². The molecular formula is C13H20N4O. The van der Waals surface area contributed by atoms with Gasteiger partial charge in [-0.1, -0.05) is 0 Å². The summed E-state index contributed by atoms with van der Waals surface area (Å²) in [7, 11) is 2.16. The summed E-state index contributed by atoms with van der Waals surface area (Å²) < 4.78 is 0. The Morgan fingerprint density at radius 3 is 2.61 bits per heavy atom. The minimum atomic E-state index is 0.870. The SMILES string of the molecule is Cc1cc(N2CCN(C)CC2)ccc1N=CNO. The molecule has 0 bridgehead atoms. The highest BCUT2D eigenvalue weighted by Crippen LogP contribution is 2.25. The van der Waals surface area contributed by atoms with Crippen molar-refractivity contribution in [2.75, 3.05) is 38.1 Å². The van der Waals surface area contributed by atoms with E-state index in [4.69, 9.17) is 5.21 Å². The lowest BCUT2D eigenvalue weighted by Gasteiger charge is -2.34. The molecule has 1 heterocycles. The zero-order chi connectivity index (χ0) is 13.0. The number of hydrogen-bond donors (Lipinski definition) is 2. The first kappa shape index (κ1) is 12.9. The van der Waals surface area contributed by atoms with E-state index in [9.17, 15) is 0 Å². The number of benzene rings is 1. The van der Waals surface area contributed by atoms with Crippen molar-refractivity contribution in [3.8, 4) is 0 Å². The highest BCUT2D eigenvalue weighted by Gasteiger charge is 2.14. The van der Waals surface area contributed by atoms with Crippen molar-refractivity contribution >= 4 is 17.7 Å². The van der Waals surface area contributed by atoms with Crippen LogP contribution in [-0.4, -0.2) is 49.7 Å². The molecule has 0 aromatic heterocycles. The second-order valence-corrected chi connectivity index (χ2v) is 4.65. The van der Waals surface area contributed by atoms with Gasteiger partial charge in [0.2, 0.25) is 0 Å². The number of hydroxylamine groups is 1. The molecule has 1 aliphatic heterocycles. The van der Waals surface area contributed by atoms with Crippen molar-refractivity contribution in [2.24, 2.45) is 4.99 Å². The molecule has 0 aliphatic carbocycles. The third-order valence-electron chi connectivity index (χ3n) is 3.31. The Kier molecular flexibility index (Phi) is 4.17. The van der Waals surface area contributed by atoms with Crippen LogP contribution < -0.4 is 10.4 Å². The molecule has 1 aromatic rings. The summed E-state index contributed by atoms with van der Waals surface area (Å²) >= 11 is 0. The number of piperazine rings is 1. The number of nitrogens with zero attached hydrogens (tertiary/aromatic N) is 3. The van der Waals surface area contributed by atoms with Gasteiger partial charge in [-0.3, -0.25) is 10.7 Å². The van der Waals surface area contributed by atoms with E-state index >= 15 is 0 Å². The third kappa shape index (κ3) is 3.00. The fourth-order valence-electron chi connectivity index (χ4n) is 2.14. The van der Waals surface area contributed by atoms with Crippen LogP contribution in [0.2, 0.25) is 0 Å². The second-order valence-electron chi connectivity index (χ2n) is 4.65. The van der Waals surface area contributed by atoms with Crippen molar-refractivity contribution in [3.63, 3.8) is 0 Å². The highest BCUT2D eigenvalue weighted by molar-refractivity contribution is 5.64. The lowest BCUT2D eigenvalue weighted by molar-refractivity contribution is 0.240. The molecule has 0 saturated carbocycles. The first-order valence-electron chi connectivity index (χ1n) is 6.17. The second kappa shape index (κ2) is 5.84. The van der Waals surface area contributed by atoms with Gasteiger partial charge < -0.3 is 9.80 Å². The Bertz CT molecular complexity index is 425. The minimum Gasteiger partial charge on any atom is -0.369 e. The van der Waals surface area contributed by atoms with Crippen LogP contribution in [0.4, 0.5) is 11.4 Å². The van der Waals surface area contributed by atoms with Gasteiger partial charge in [-0.25, -0.2) is 4.99 Å². The van der Waals surface area contributed by atoms with Crippen molar-refractivity contribution < 1.29 is 5.21 Å². The number of aryl methyl sites for hydroxylation is 1. The Morgan fingerprint density at radius 1 is 1.28 bits per heavy atom. The first-order valence-corrected chi connectivity index (χ1v) is 6.17. The van der Waals surface area contributed by atoms with Crippen LogP contribution in [0.5, 0.6) is 0 Å². The Labute approximate surface area is 108 Å². The molecule has 2 rings (SSSR count). The number of likely N-dealkylation sites (N-methyl/N-ethyl adjacent to an activating group) is 1. The van der Waals surface area contributed by atoms with Gasteiger partial charge in [-0.05, 0) is 37.7 Å². The smallest absolute Gasteiger partial charge is 0.113 e. The summed E-state index contributed by atoms with van der Waals surface area (Å²) in [6, 6.07) is 6.22. The lowest BCUT2D eigenvalue weighted by atomic mass is 10.1. The molecule has 5 heteroatoms. The Hall–Kier alpha value is -1.59. The normalized spacial score (nSPS) is 17.4. The van der Waals surface area contributed by atoms with E-state index in [1.165, 1.54) is 12.0 Å². The molecule has 0 unspecified atom stereocenters. The number of hydrogen-bond acceptors (Lipinski definition) is 4. The topological polar surface area (TPSA) is 51.1 Å². The van der Waals surface area contributed by atoms with Gasteiger partial charge in [0.15, 0.2) is 0 Å². The summed E-state index contributed by atoms with van der Waals surface area (Å²) in [5.74, 6) is 0. The molecule has 0 spiro atoms. The van der Waals surface area contributed by atoms with Crippen molar-refractivity contribution in [3.05, 3.63) is 23.8 Å². The number of rotatable bonds is 3. The molecule has 1 saturated heterocycles. The van der Waals surface area contributed by atoms with Crippen LogP contribution in [-0.2, 0) is 0 Å². The van der Waals surface area contributed by atoms with Gasteiger partial charge in [0, 0.05) is 31.9 Å². The van der Waals surface area contributed by atoms with E-state index in [-0.39, 0.29) is 0 Å². The van der Waals surface area contributed by atoms with Crippen LogP contribution in [0.25, 0.3) is 0 Å². The highest BCUT2D eigenvalue weighted by atomic mass is 16.5. The number of anilines is 1. The summed E-state index contributed by atoms with van der Waals surface area (Å²) in [6.45, 7) is 6.37. The van der Waals surface area contributed by atoms with E-state index < -0.39 is 0 Å². The average molecular weight is 248 g/mol. The van der Waals surface area contributed by atoms with Crippen molar-refractivity contribution in [1.29, 1.82) is 0 Å². The molecule has 2 N–H and O–H groups in total. The van der Waals surface area contributed by atoms with Crippen LogP contribution in [0, 0.1) is 6.92 Å². The zero-order valence-electron chi connectivity index (χ0n) is 10.9. The molecule has 5 nitrogen and oxygen atoms in total. The molecule has 1 fully saturated rings. The zero-order valence-corrected chi connectivity index (χ0v) is 10.9. The maximum Gasteiger partial charge on any atom is 0.113 e. The quantitative estimate of drug-likeness (QED) is 0.482. The summed E-state index contributed by atoms with van der Waals surface area (Å²) in [5.41, 5.74) is 5.14. The first-order chi connectivity index (χ1) is 8.70. The van der Waals surface area contributed by atoms with Gasteiger partial charge in [-0.2, -0.15) is 0 Å². The molecule has 0 atom stereocenters. The minimum absolute atomic E-state index is 0.870. The molecular weight excluding hydrogens is 228 g/mol. The molecule has 1 aliphatic rings. The third-order valence-corrected chi connectivity index (χ3v) is 3.31. The summed E-state index contributed by atoms with van der Waals surface area (Å²) in [5, 5.41) is 8.49. The Morgan fingerprint density at radius 2 is 2.00 bits per heavy atom. The van der Waals surface area contributed by atoms with Crippen molar-refractivity contribution in [1.82, 2.24) is 10.4 Å². The van der Waals surface area contributed by atoms with Gasteiger partial charge in [0.1, 0.15) is 6.34 Å². The maximum atomic E-state index is 8.49. The van der Waals surface area contributed by atoms with Gasteiger partial charge in [0.05, 0.1) is 5.69 Å². The number of nitrogens with one attached hydrogen (secondary N) is 1. The van der Waals surface area contributed by atoms with Crippen LogP contribution in [0.3, 0.4) is 0 Å². The largest absolute Gasteiger partial charge is 0.369 e. The van der Waals surface area contributed by atoms with Gasteiger partial charge in [0.25, 0.3) is 0 Å². The molecule has 18 heavy (non-hydrogen) atoms. The maximum absolute atomic E-state index is 8.49. The molecule has 0 radical (unpaired) electrons. The van der Waals surface area contributed by atoms with E-state index in [1.54, 1.807) is 0 Å². The van der Waals surface area contributed by atoms with Crippen LogP contribution in [0.15, 0.2) is 23.2 Å². The summed E-state index contributed by atoms with van der Waals surface area (Å²) in [4.78, 5) is 8.85. The monoisotopic (exact) mass is 248 g/mol. The molecule has 1 aromatic carbocycles. The fraction of sp³-hybridized carbons (Fsp3) is 0.462. The van der Waals surface area contributed by atoms with Crippen LogP contribution >= 0.6 is 0 Å². The van der Waals surface area contributed by atoms with Gasteiger partial charge >= 0.3 is 0 Å². The lowest BCUT2D eigenvalue weighted by Crippen LogP contribution is -2.44. The predicted octanol–water partition coefficient (Wildman–Crippen LogP) is 1.39. The number of aliphatic imine (C=N–C) groups is 1. The predicted molar refractivity (Wildman–Crippen MR) is 74.0 cm³/mol. The Balaban J connectivity index is 2.11. The average Bonchev–Trinajstić information content (AvgIpc) is 2.38. The standard InChI is InChI=1S/C13H20N4O/c1-11-9-12(3-4-13(11)14-10-15-18)17-7-5-16(2)6-8-17/h3-4,9-10,18H,5-8H2,1-2H3,(H,14,15). The van der Waals surface area contributed by atoms with E-state index in [0.29, 0.717) is 0 Å². The summed E-state index contributed by atoms with van der Waals surface area (Å²) in [6.07, 6.45) is 1.28. The van der Waals surface area contributed by atoms with E-state index in [0.717, 1.165) is 37.4 Å².